The van der Waals surface area contributed by atoms with Crippen molar-refractivity contribution in [2.24, 2.45) is 0 Å². The van der Waals surface area contributed by atoms with Crippen molar-refractivity contribution in [2.45, 2.75) is 0 Å². The maximum atomic E-state index is 10.4. The molecule has 7 heteroatoms. The minimum Gasteiger partial charge on any atom is -0.502 e. The molecule has 0 aliphatic heterocycles. The topological polar surface area (TPSA) is 107 Å². The lowest BCUT2D eigenvalue weighted by molar-refractivity contribution is -0.401. The number of hydrogen-bond donors (Lipinski definition) is 1. The lowest BCUT2D eigenvalue weighted by atomic mass is 10.1. The van der Waals surface area contributed by atoms with Crippen LogP contribution in [0.4, 0.5) is 5.69 Å². The number of phenolic OH excluding ortho intramolecular Hbond substituents is 1. The molecular formula is C8H6N2O5. The van der Waals surface area contributed by atoms with Gasteiger partial charge in [0.1, 0.15) is 0 Å². The second kappa shape index (κ2) is 4.18. The molecule has 0 spiro atoms. The van der Waals surface area contributed by atoms with Crippen molar-refractivity contribution in [1.29, 1.82) is 0 Å². The van der Waals surface area contributed by atoms with E-state index >= 15 is 0 Å². The molecule has 0 fully saturated rings. The van der Waals surface area contributed by atoms with Crippen LogP contribution in [0.3, 0.4) is 0 Å². The monoisotopic (exact) mass is 210 g/mol. The van der Waals surface area contributed by atoms with Crippen LogP contribution in [-0.2, 0) is 0 Å². The zero-order valence-electron chi connectivity index (χ0n) is 7.36. The molecule has 0 radical (unpaired) electrons. The van der Waals surface area contributed by atoms with Gasteiger partial charge in [-0.1, -0.05) is 12.1 Å². The fraction of sp³-hybridized carbons (Fsp3) is 0. The molecule has 0 aliphatic carbocycles. The van der Waals surface area contributed by atoms with Crippen molar-refractivity contribution in [3.63, 3.8) is 0 Å². The molecule has 0 aromatic heterocycles. The summed E-state index contributed by atoms with van der Waals surface area (Å²) in [5.74, 6) is -0.583. The Balaban J connectivity index is 3.15. The molecule has 1 N–H and O–H groups in total. The van der Waals surface area contributed by atoms with E-state index in [1.54, 1.807) is 0 Å². The summed E-state index contributed by atoms with van der Waals surface area (Å²) in [5.41, 5.74) is -0.457. The molecule has 0 amide bonds. The molecule has 7 nitrogen and oxygen atoms in total. The summed E-state index contributed by atoms with van der Waals surface area (Å²) < 4.78 is 0. The molecule has 1 aromatic rings. The van der Waals surface area contributed by atoms with Gasteiger partial charge in [-0.3, -0.25) is 20.2 Å². The van der Waals surface area contributed by atoms with Gasteiger partial charge in [0, 0.05) is 17.7 Å². The fourth-order valence-corrected chi connectivity index (χ4v) is 0.972. The van der Waals surface area contributed by atoms with Crippen LogP contribution in [0.15, 0.2) is 24.4 Å². The van der Waals surface area contributed by atoms with Gasteiger partial charge in [-0.05, 0) is 0 Å². The van der Waals surface area contributed by atoms with Gasteiger partial charge in [-0.15, -0.1) is 0 Å². The molecule has 0 heterocycles. The number of rotatable bonds is 3. The van der Waals surface area contributed by atoms with Crippen molar-refractivity contribution in [1.82, 2.24) is 0 Å². The summed E-state index contributed by atoms with van der Waals surface area (Å²) >= 11 is 0. The van der Waals surface area contributed by atoms with Gasteiger partial charge in [0.15, 0.2) is 0 Å². The molecule has 0 atom stereocenters. The van der Waals surface area contributed by atoms with Gasteiger partial charge in [0.2, 0.25) is 11.9 Å². The second-order valence-electron chi connectivity index (χ2n) is 2.57. The fourth-order valence-electron chi connectivity index (χ4n) is 0.972. The second-order valence-corrected chi connectivity index (χ2v) is 2.57. The Kier molecular flexibility index (Phi) is 2.97. The molecule has 0 unspecified atom stereocenters. The molecule has 0 aliphatic rings. The number of para-hydroxylation sites is 1. The van der Waals surface area contributed by atoms with E-state index < -0.39 is 21.3 Å². The summed E-state index contributed by atoms with van der Waals surface area (Å²) in [5, 5.41) is 29.8. The van der Waals surface area contributed by atoms with Crippen LogP contribution >= 0.6 is 0 Å². The number of hydrogen-bond acceptors (Lipinski definition) is 5. The normalized spacial score (nSPS) is 10.4. The van der Waals surface area contributed by atoms with Crippen LogP contribution in [0, 0.1) is 20.2 Å². The van der Waals surface area contributed by atoms with Gasteiger partial charge in [0.05, 0.1) is 9.85 Å². The summed E-state index contributed by atoms with van der Waals surface area (Å²) in [6.07, 6.45) is 1.58. The maximum absolute atomic E-state index is 10.4. The lowest BCUT2D eigenvalue weighted by Crippen LogP contribution is -1.90. The Bertz CT molecular complexity index is 441. The zero-order chi connectivity index (χ0) is 11.4. The van der Waals surface area contributed by atoms with Crippen LogP contribution in [0.1, 0.15) is 5.56 Å². The van der Waals surface area contributed by atoms with Crippen molar-refractivity contribution >= 4 is 11.8 Å². The van der Waals surface area contributed by atoms with Crippen molar-refractivity contribution < 1.29 is 15.0 Å². The summed E-state index contributed by atoms with van der Waals surface area (Å²) in [6, 6.07) is 3.78. The number of benzene rings is 1. The highest BCUT2D eigenvalue weighted by atomic mass is 16.6. The SMILES string of the molecule is O=[N+]([O-])C=Cc1cccc([N+](=O)[O-])c1O. The molecule has 15 heavy (non-hydrogen) atoms. The van der Waals surface area contributed by atoms with Gasteiger partial charge < -0.3 is 5.11 Å². The molecule has 0 bridgehead atoms. The largest absolute Gasteiger partial charge is 0.502 e. The van der Waals surface area contributed by atoms with E-state index in [0.717, 1.165) is 12.1 Å². The highest BCUT2D eigenvalue weighted by Crippen LogP contribution is 2.29. The Labute approximate surface area is 83.6 Å². The van der Waals surface area contributed by atoms with E-state index in [1.165, 1.54) is 12.1 Å². The molecule has 1 aromatic carbocycles. The van der Waals surface area contributed by atoms with Crippen LogP contribution < -0.4 is 0 Å². The number of nitrogens with zero attached hydrogens (tertiary/aromatic N) is 2. The minimum absolute atomic E-state index is 0.0286. The van der Waals surface area contributed by atoms with E-state index in [0.29, 0.717) is 6.20 Å². The first kappa shape index (κ1) is 10.6. The lowest BCUT2D eigenvalue weighted by Gasteiger charge is -1.98. The summed E-state index contributed by atoms with van der Waals surface area (Å²) in [7, 11) is 0. The zero-order valence-corrected chi connectivity index (χ0v) is 7.36. The van der Waals surface area contributed by atoms with Gasteiger partial charge >= 0.3 is 5.69 Å². The Morgan fingerprint density at radius 3 is 2.47 bits per heavy atom. The number of phenols is 1. The third-order valence-corrected chi connectivity index (χ3v) is 1.62. The molecule has 78 valence electrons. The third-order valence-electron chi connectivity index (χ3n) is 1.62. The van der Waals surface area contributed by atoms with E-state index in [1.807, 2.05) is 0 Å². The first-order valence-electron chi connectivity index (χ1n) is 3.80. The average Bonchev–Trinajstić information content (AvgIpc) is 2.15. The smallest absolute Gasteiger partial charge is 0.311 e. The average molecular weight is 210 g/mol. The molecule has 1 rings (SSSR count). The molecular weight excluding hydrogens is 204 g/mol. The van der Waals surface area contributed by atoms with Crippen LogP contribution in [0.5, 0.6) is 5.75 Å². The first-order valence-corrected chi connectivity index (χ1v) is 3.80. The highest BCUT2D eigenvalue weighted by Gasteiger charge is 2.14. The standard InChI is InChI=1S/C8H6N2O5/c11-8-6(4-5-9(12)13)2-1-3-7(8)10(14)15/h1-5,11H. The third kappa shape index (κ3) is 2.50. The maximum Gasteiger partial charge on any atom is 0.311 e. The van der Waals surface area contributed by atoms with Gasteiger partial charge in [0.25, 0.3) is 0 Å². The van der Waals surface area contributed by atoms with Crippen LogP contribution in [0.25, 0.3) is 6.08 Å². The Morgan fingerprint density at radius 2 is 1.93 bits per heavy atom. The number of nitro benzene ring substituents is 1. The highest BCUT2D eigenvalue weighted by molar-refractivity contribution is 5.63. The summed E-state index contributed by atoms with van der Waals surface area (Å²) in [4.78, 5) is 18.9. The van der Waals surface area contributed by atoms with Crippen LogP contribution in [0.2, 0.25) is 0 Å². The number of aromatic hydroxyl groups is 1. The molecule has 0 saturated carbocycles. The van der Waals surface area contributed by atoms with Crippen LogP contribution in [-0.4, -0.2) is 15.0 Å². The van der Waals surface area contributed by atoms with E-state index in [-0.39, 0.29) is 5.56 Å². The van der Waals surface area contributed by atoms with Crippen molar-refractivity contribution in [3.8, 4) is 5.75 Å². The predicted molar refractivity (Wildman–Crippen MR) is 50.8 cm³/mol. The van der Waals surface area contributed by atoms with E-state index in [9.17, 15) is 25.3 Å². The van der Waals surface area contributed by atoms with E-state index in [2.05, 4.69) is 0 Å². The van der Waals surface area contributed by atoms with Gasteiger partial charge in [-0.25, -0.2) is 0 Å². The van der Waals surface area contributed by atoms with Crippen molar-refractivity contribution in [2.75, 3.05) is 0 Å². The predicted octanol–water partition coefficient (Wildman–Crippen LogP) is 1.55. The van der Waals surface area contributed by atoms with Crippen molar-refractivity contribution in [3.05, 3.63) is 50.2 Å². The Hall–Kier alpha value is -2.44. The first-order chi connectivity index (χ1) is 7.02. The quantitative estimate of drug-likeness (QED) is 0.601. The van der Waals surface area contributed by atoms with Gasteiger partial charge in [-0.2, -0.15) is 0 Å². The Morgan fingerprint density at radius 1 is 1.27 bits per heavy atom. The summed E-state index contributed by atoms with van der Waals surface area (Å²) in [6.45, 7) is 0. The van der Waals surface area contributed by atoms with E-state index in [4.69, 9.17) is 0 Å². The molecule has 0 saturated heterocycles. The minimum atomic E-state index is -0.765. The number of nitro groups is 2.